The van der Waals surface area contributed by atoms with Crippen LogP contribution in [0.25, 0.3) is 0 Å². The lowest BCUT2D eigenvalue weighted by Crippen LogP contribution is -2.36. The molecule has 0 unspecified atom stereocenters. The first kappa shape index (κ1) is 23.7. The zero-order valence-corrected chi connectivity index (χ0v) is 19.6. The summed E-state index contributed by atoms with van der Waals surface area (Å²) in [6, 6.07) is 11.9. The summed E-state index contributed by atoms with van der Waals surface area (Å²) in [7, 11) is 4.72. The van der Waals surface area contributed by atoms with Crippen LogP contribution in [-0.4, -0.2) is 60.1 Å². The lowest BCUT2D eigenvalue weighted by Gasteiger charge is -2.29. The van der Waals surface area contributed by atoms with Gasteiger partial charge in [-0.1, -0.05) is 13.3 Å². The number of rotatable bonds is 10. The van der Waals surface area contributed by atoms with Crippen molar-refractivity contribution in [1.29, 1.82) is 0 Å². The van der Waals surface area contributed by atoms with E-state index in [1.165, 1.54) is 0 Å². The summed E-state index contributed by atoms with van der Waals surface area (Å²) in [5.74, 6) is 1.65. The second-order valence-corrected chi connectivity index (χ2v) is 7.73. The summed E-state index contributed by atoms with van der Waals surface area (Å²) in [5, 5.41) is 0. The first-order chi connectivity index (χ1) is 15.6. The standard InChI is InChI=1S/C25H34N2O5/c1-5-6-11-27(21-9-7-20(8-10-21)26-12-14-32-15-13-26)24(28)18-19-16-22(29-2)25(31-4)23(17-19)30-3/h7-10,16-17H,5-6,11-15,18H2,1-4H3. The van der Waals surface area contributed by atoms with E-state index in [-0.39, 0.29) is 12.3 Å². The Morgan fingerprint density at radius 3 is 2.16 bits per heavy atom. The third kappa shape index (κ3) is 5.65. The summed E-state index contributed by atoms with van der Waals surface area (Å²) in [6.07, 6.45) is 2.19. The number of hydrogen-bond acceptors (Lipinski definition) is 6. The number of benzene rings is 2. The van der Waals surface area contributed by atoms with Crippen molar-refractivity contribution in [3.8, 4) is 17.2 Å². The number of hydrogen-bond donors (Lipinski definition) is 0. The maximum Gasteiger partial charge on any atom is 0.231 e. The van der Waals surface area contributed by atoms with Crippen molar-refractivity contribution >= 4 is 17.3 Å². The zero-order valence-electron chi connectivity index (χ0n) is 19.6. The molecule has 1 aliphatic rings. The van der Waals surface area contributed by atoms with Gasteiger partial charge in [-0.25, -0.2) is 0 Å². The average molecular weight is 443 g/mol. The second-order valence-electron chi connectivity index (χ2n) is 7.73. The normalized spacial score (nSPS) is 13.6. The topological polar surface area (TPSA) is 60.5 Å². The van der Waals surface area contributed by atoms with Gasteiger partial charge in [0.05, 0.1) is 41.0 Å². The van der Waals surface area contributed by atoms with Crippen LogP contribution < -0.4 is 24.0 Å². The summed E-state index contributed by atoms with van der Waals surface area (Å²) < 4.78 is 21.7. The fourth-order valence-electron chi connectivity index (χ4n) is 3.89. The Bertz CT molecular complexity index is 853. The monoisotopic (exact) mass is 442 g/mol. The number of carbonyl (C=O) groups excluding carboxylic acids is 1. The number of nitrogens with zero attached hydrogens (tertiary/aromatic N) is 2. The van der Waals surface area contributed by atoms with E-state index in [1.807, 2.05) is 29.2 Å². The van der Waals surface area contributed by atoms with Gasteiger partial charge in [-0.2, -0.15) is 0 Å². The predicted molar refractivity (Wildman–Crippen MR) is 127 cm³/mol. The Morgan fingerprint density at radius 1 is 1.00 bits per heavy atom. The van der Waals surface area contributed by atoms with Gasteiger partial charge in [-0.3, -0.25) is 4.79 Å². The molecule has 1 fully saturated rings. The molecular formula is C25H34N2O5. The summed E-state index contributed by atoms with van der Waals surface area (Å²) >= 11 is 0. The van der Waals surface area contributed by atoms with Crippen molar-refractivity contribution in [2.24, 2.45) is 0 Å². The molecule has 1 saturated heterocycles. The number of unbranched alkanes of at least 4 members (excludes halogenated alkanes) is 1. The number of methoxy groups -OCH3 is 3. The van der Waals surface area contributed by atoms with Crippen molar-refractivity contribution in [1.82, 2.24) is 0 Å². The van der Waals surface area contributed by atoms with Crippen LogP contribution in [0.3, 0.4) is 0 Å². The van der Waals surface area contributed by atoms with Gasteiger partial charge in [-0.05, 0) is 48.4 Å². The molecule has 1 heterocycles. The Labute approximate surface area is 190 Å². The van der Waals surface area contributed by atoms with Crippen LogP contribution >= 0.6 is 0 Å². The highest BCUT2D eigenvalue weighted by Crippen LogP contribution is 2.38. The molecule has 0 radical (unpaired) electrons. The highest BCUT2D eigenvalue weighted by molar-refractivity contribution is 5.95. The molecule has 0 atom stereocenters. The van der Waals surface area contributed by atoms with Crippen LogP contribution in [0.15, 0.2) is 36.4 Å². The molecule has 0 aromatic heterocycles. The van der Waals surface area contributed by atoms with E-state index in [0.29, 0.717) is 23.8 Å². The fraction of sp³-hybridized carbons (Fsp3) is 0.480. The van der Waals surface area contributed by atoms with Gasteiger partial charge in [0.25, 0.3) is 0 Å². The van der Waals surface area contributed by atoms with E-state index in [2.05, 4.69) is 24.0 Å². The number of ether oxygens (including phenoxy) is 4. The van der Waals surface area contributed by atoms with E-state index in [4.69, 9.17) is 18.9 Å². The third-order valence-electron chi connectivity index (χ3n) is 5.65. The SMILES string of the molecule is CCCCN(C(=O)Cc1cc(OC)c(OC)c(OC)c1)c1ccc(N2CCOCC2)cc1. The number of carbonyl (C=O) groups is 1. The zero-order chi connectivity index (χ0) is 22.9. The highest BCUT2D eigenvalue weighted by Gasteiger charge is 2.20. The summed E-state index contributed by atoms with van der Waals surface area (Å²) in [6.45, 7) is 6.08. The molecule has 1 amide bonds. The molecule has 0 N–H and O–H groups in total. The maximum atomic E-state index is 13.3. The number of amides is 1. The summed E-state index contributed by atoms with van der Waals surface area (Å²) in [5.41, 5.74) is 2.88. The lowest BCUT2D eigenvalue weighted by molar-refractivity contribution is -0.118. The first-order valence-corrected chi connectivity index (χ1v) is 11.1. The fourth-order valence-corrected chi connectivity index (χ4v) is 3.89. The van der Waals surface area contributed by atoms with E-state index in [1.54, 1.807) is 21.3 Å². The smallest absolute Gasteiger partial charge is 0.231 e. The third-order valence-corrected chi connectivity index (χ3v) is 5.65. The van der Waals surface area contributed by atoms with Crippen molar-refractivity contribution in [2.75, 3.05) is 64.0 Å². The van der Waals surface area contributed by atoms with Gasteiger partial charge >= 0.3 is 0 Å². The van der Waals surface area contributed by atoms with Crippen molar-refractivity contribution < 1.29 is 23.7 Å². The Morgan fingerprint density at radius 2 is 1.62 bits per heavy atom. The quantitative estimate of drug-likeness (QED) is 0.556. The molecule has 1 aliphatic heterocycles. The van der Waals surface area contributed by atoms with E-state index < -0.39 is 0 Å². The molecule has 0 spiro atoms. The molecule has 32 heavy (non-hydrogen) atoms. The first-order valence-electron chi connectivity index (χ1n) is 11.1. The summed E-state index contributed by atoms with van der Waals surface area (Å²) in [4.78, 5) is 17.5. The Hall–Kier alpha value is -2.93. The molecule has 2 aromatic rings. The van der Waals surface area contributed by atoms with Crippen LogP contribution in [0.5, 0.6) is 17.2 Å². The molecule has 0 aliphatic carbocycles. The molecule has 174 valence electrons. The maximum absolute atomic E-state index is 13.3. The Kier molecular flexibility index (Phi) is 8.62. The molecular weight excluding hydrogens is 408 g/mol. The molecule has 2 aromatic carbocycles. The van der Waals surface area contributed by atoms with E-state index >= 15 is 0 Å². The average Bonchev–Trinajstić information content (AvgIpc) is 2.84. The van der Waals surface area contributed by atoms with Gasteiger partial charge in [0.2, 0.25) is 11.7 Å². The van der Waals surface area contributed by atoms with Gasteiger partial charge in [0.15, 0.2) is 11.5 Å². The molecule has 0 saturated carbocycles. The Balaban J connectivity index is 1.80. The van der Waals surface area contributed by atoms with Crippen molar-refractivity contribution in [3.63, 3.8) is 0 Å². The minimum atomic E-state index is 0.0341. The largest absolute Gasteiger partial charge is 0.493 e. The van der Waals surface area contributed by atoms with Crippen LogP contribution in [0.2, 0.25) is 0 Å². The van der Waals surface area contributed by atoms with Gasteiger partial charge < -0.3 is 28.7 Å². The molecule has 7 heteroatoms. The van der Waals surface area contributed by atoms with Crippen LogP contribution in [0.4, 0.5) is 11.4 Å². The molecule has 3 rings (SSSR count). The predicted octanol–water partition coefficient (Wildman–Crippen LogP) is 3.92. The van der Waals surface area contributed by atoms with E-state index in [0.717, 1.165) is 56.1 Å². The second kappa shape index (κ2) is 11.6. The van der Waals surface area contributed by atoms with Gasteiger partial charge in [-0.15, -0.1) is 0 Å². The van der Waals surface area contributed by atoms with Crippen LogP contribution in [0, 0.1) is 0 Å². The highest BCUT2D eigenvalue weighted by atomic mass is 16.5. The lowest BCUT2D eigenvalue weighted by atomic mass is 10.1. The van der Waals surface area contributed by atoms with Crippen molar-refractivity contribution in [2.45, 2.75) is 26.2 Å². The van der Waals surface area contributed by atoms with Gasteiger partial charge in [0.1, 0.15) is 0 Å². The van der Waals surface area contributed by atoms with Gasteiger partial charge in [0, 0.05) is 31.0 Å². The van der Waals surface area contributed by atoms with E-state index in [9.17, 15) is 4.79 Å². The van der Waals surface area contributed by atoms with Crippen molar-refractivity contribution in [3.05, 3.63) is 42.0 Å². The molecule has 7 nitrogen and oxygen atoms in total. The minimum absolute atomic E-state index is 0.0341. The minimum Gasteiger partial charge on any atom is -0.493 e. The van der Waals surface area contributed by atoms with Crippen LogP contribution in [-0.2, 0) is 16.0 Å². The molecule has 0 bridgehead atoms. The van der Waals surface area contributed by atoms with Crippen LogP contribution in [0.1, 0.15) is 25.3 Å². The number of morpholine rings is 1. The number of anilines is 2.